The molecular formula is C20H23Cl2N3O2. The Balaban J connectivity index is 2.21. The summed E-state index contributed by atoms with van der Waals surface area (Å²) in [6.07, 6.45) is 0.855. The number of carbonyl (C=O) groups is 2. The Morgan fingerprint density at radius 2 is 1.70 bits per heavy atom. The fraction of sp³-hybridized carbons (Fsp3) is 0.300. The van der Waals surface area contributed by atoms with Crippen LogP contribution in [0.15, 0.2) is 48.5 Å². The van der Waals surface area contributed by atoms with Crippen LogP contribution in [0.1, 0.15) is 24.9 Å². The van der Waals surface area contributed by atoms with E-state index in [1.807, 2.05) is 37.3 Å². The number of likely N-dealkylation sites (N-methyl/N-ethyl adjacent to an activating group) is 1. The van der Waals surface area contributed by atoms with E-state index in [9.17, 15) is 9.59 Å². The summed E-state index contributed by atoms with van der Waals surface area (Å²) in [6.45, 7) is 2.69. The number of hydrogen-bond donors (Lipinski definition) is 2. The maximum absolute atomic E-state index is 13.0. The zero-order chi connectivity index (χ0) is 19.8. The summed E-state index contributed by atoms with van der Waals surface area (Å²) in [4.78, 5) is 26.8. The average Bonchev–Trinajstić information content (AvgIpc) is 2.60. The van der Waals surface area contributed by atoms with E-state index in [-0.39, 0.29) is 18.4 Å². The highest BCUT2D eigenvalue weighted by Gasteiger charge is 2.26. The smallest absolute Gasteiger partial charge is 0.246 e. The topological polar surface area (TPSA) is 61.4 Å². The fourth-order valence-electron chi connectivity index (χ4n) is 2.72. The SMILES string of the molecule is CCCNC(=O)CN(C)[C@@H](C(=O)Nc1cc(Cl)cc(Cl)c1)c1ccccc1. The van der Waals surface area contributed by atoms with Crippen molar-refractivity contribution in [2.45, 2.75) is 19.4 Å². The van der Waals surface area contributed by atoms with Gasteiger partial charge in [0.1, 0.15) is 6.04 Å². The Labute approximate surface area is 169 Å². The van der Waals surface area contributed by atoms with Crippen molar-refractivity contribution in [1.82, 2.24) is 10.2 Å². The first-order valence-electron chi connectivity index (χ1n) is 8.69. The molecule has 0 bridgehead atoms. The van der Waals surface area contributed by atoms with Gasteiger partial charge in [-0.3, -0.25) is 14.5 Å². The lowest BCUT2D eigenvalue weighted by Crippen LogP contribution is -2.41. The quantitative estimate of drug-likeness (QED) is 0.691. The monoisotopic (exact) mass is 407 g/mol. The number of rotatable bonds is 8. The lowest BCUT2D eigenvalue weighted by molar-refractivity contribution is -0.125. The van der Waals surface area contributed by atoms with Crippen LogP contribution in [0.2, 0.25) is 10.0 Å². The number of anilines is 1. The summed E-state index contributed by atoms with van der Waals surface area (Å²) in [6, 6.07) is 13.5. The molecule has 0 aliphatic rings. The normalized spacial score (nSPS) is 11.9. The molecule has 2 amide bonds. The van der Waals surface area contributed by atoms with Crippen LogP contribution in [-0.4, -0.2) is 36.9 Å². The van der Waals surface area contributed by atoms with Gasteiger partial charge in [0.2, 0.25) is 11.8 Å². The second kappa shape index (κ2) is 10.3. The van der Waals surface area contributed by atoms with Crippen molar-refractivity contribution < 1.29 is 9.59 Å². The Bertz CT molecular complexity index is 764. The summed E-state index contributed by atoms with van der Waals surface area (Å²) in [5, 5.41) is 6.53. The maximum Gasteiger partial charge on any atom is 0.246 e. The predicted octanol–water partition coefficient (Wildman–Crippen LogP) is 4.13. The summed E-state index contributed by atoms with van der Waals surface area (Å²) >= 11 is 12.0. The van der Waals surface area contributed by atoms with E-state index in [1.54, 1.807) is 30.1 Å². The van der Waals surface area contributed by atoms with Crippen molar-refractivity contribution >= 4 is 40.7 Å². The van der Waals surface area contributed by atoms with Crippen molar-refractivity contribution in [3.05, 3.63) is 64.1 Å². The zero-order valence-corrected chi connectivity index (χ0v) is 16.8. The highest BCUT2D eigenvalue weighted by atomic mass is 35.5. The van der Waals surface area contributed by atoms with E-state index in [2.05, 4.69) is 10.6 Å². The summed E-state index contributed by atoms with van der Waals surface area (Å²) in [7, 11) is 1.74. The molecule has 2 rings (SSSR count). The number of benzene rings is 2. The van der Waals surface area contributed by atoms with Gasteiger partial charge in [-0.2, -0.15) is 0 Å². The van der Waals surface area contributed by atoms with E-state index in [1.165, 1.54) is 0 Å². The molecule has 0 unspecified atom stereocenters. The fourth-order valence-corrected chi connectivity index (χ4v) is 3.24. The molecule has 0 aliphatic heterocycles. The highest BCUT2D eigenvalue weighted by molar-refractivity contribution is 6.35. The standard InChI is InChI=1S/C20H23Cl2N3O2/c1-3-9-23-18(26)13-25(2)19(14-7-5-4-6-8-14)20(27)24-17-11-15(21)10-16(22)12-17/h4-8,10-12,19H,3,9,13H2,1-2H3,(H,23,26)(H,24,27)/t19-/m1/s1. The van der Waals surface area contributed by atoms with Gasteiger partial charge in [-0.25, -0.2) is 0 Å². The highest BCUT2D eigenvalue weighted by Crippen LogP contribution is 2.25. The van der Waals surface area contributed by atoms with Crippen LogP contribution in [0.25, 0.3) is 0 Å². The average molecular weight is 408 g/mol. The maximum atomic E-state index is 13.0. The Kier molecular flexibility index (Phi) is 8.10. The first-order chi connectivity index (χ1) is 12.9. The Hall–Kier alpha value is -2.08. The van der Waals surface area contributed by atoms with E-state index in [0.29, 0.717) is 22.3 Å². The first-order valence-corrected chi connectivity index (χ1v) is 9.45. The minimum atomic E-state index is -0.642. The molecule has 2 aromatic carbocycles. The molecule has 2 N–H and O–H groups in total. The van der Waals surface area contributed by atoms with Gasteiger partial charge in [-0.05, 0) is 37.2 Å². The minimum absolute atomic E-state index is 0.100. The van der Waals surface area contributed by atoms with Crippen molar-refractivity contribution in [3.8, 4) is 0 Å². The van der Waals surface area contributed by atoms with Gasteiger partial charge in [-0.15, -0.1) is 0 Å². The number of carbonyl (C=O) groups excluding carboxylic acids is 2. The van der Waals surface area contributed by atoms with Gasteiger partial charge in [0.05, 0.1) is 6.54 Å². The molecule has 27 heavy (non-hydrogen) atoms. The third-order valence-electron chi connectivity index (χ3n) is 3.90. The Morgan fingerprint density at radius 3 is 2.30 bits per heavy atom. The molecule has 0 saturated carbocycles. The molecule has 1 atom stereocenters. The lowest BCUT2D eigenvalue weighted by atomic mass is 10.0. The molecule has 0 radical (unpaired) electrons. The molecule has 0 fully saturated rings. The zero-order valence-electron chi connectivity index (χ0n) is 15.3. The number of amides is 2. The lowest BCUT2D eigenvalue weighted by Gasteiger charge is -2.27. The second-order valence-electron chi connectivity index (χ2n) is 6.23. The molecule has 0 aromatic heterocycles. The van der Waals surface area contributed by atoms with Crippen molar-refractivity contribution in [2.75, 3.05) is 25.5 Å². The van der Waals surface area contributed by atoms with Crippen LogP contribution in [0.5, 0.6) is 0 Å². The third kappa shape index (κ3) is 6.54. The molecule has 2 aromatic rings. The Morgan fingerprint density at radius 1 is 1.07 bits per heavy atom. The summed E-state index contributed by atoms with van der Waals surface area (Å²) in [5.41, 5.74) is 1.29. The molecule has 7 heteroatoms. The van der Waals surface area contributed by atoms with Gasteiger partial charge in [0.15, 0.2) is 0 Å². The minimum Gasteiger partial charge on any atom is -0.355 e. The van der Waals surface area contributed by atoms with Crippen LogP contribution in [0, 0.1) is 0 Å². The molecule has 0 saturated heterocycles. The summed E-state index contributed by atoms with van der Waals surface area (Å²) < 4.78 is 0. The van der Waals surface area contributed by atoms with E-state index in [4.69, 9.17) is 23.2 Å². The molecule has 0 aliphatic carbocycles. The molecule has 0 heterocycles. The van der Waals surface area contributed by atoms with E-state index in [0.717, 1.165) is 12.0 Å². The van der Waals surface area contributed by atoms with Crippen LogP contribution in [0.4, 0.5) is 5.69 Å². The molecule has 144 valence electrons. The number of nitrogens with zero attached hydrogens (tertiary/aromatic N) is 1. The van der Waals surface area contributed by atoms with Crippen LogP contribution in [0.3, 0.4) is 0 Å². The van der Waals surface area contributed by atoms with Gasteiger partial charge in [-0.1, -0.05) is 60.5 Å². The third-order valence-corrected chi connectivity index (χ3v) is 4.34. The van der Waals surface area contributed by atoms with Crippen LogP contribution >= 0.6 is 23.2 Å². The predicted molar refractivity (Wildman–Crippen MR) is 110 cm³/mol. The molecule has 5 nitrogen and oxygen atoms in total. The van der Waals surface area contributed by atoms with Crippen molar-refractivity contribution in [2.24, 2.45) is 0 Å². The van der Waals surface area contributed by atoms with E-state index >= 15 is 0 Å². The van der Waals surface area contributed by atoms with Gasteiger partial charge in [0, 0.05) is 22.3 Å². The van der Waals surface area contributed by atoms with Gasteiger partial charge < -0.3 is 10.6 Å². The van der Waals surface area contributed by atoms with Crippen LogP contribution in [-0.2, 0) is 9.59 Å². The van der Waals surface area contributed by atoms with Gasteiger partial charge in [0.25, 0.3) is 0 Å². The van der Waals surface area contributed by atoms with Crippen molar-refractivity contribution in [3.63, 3.8) is 0 Å². The van der Waals surface area contributed by atoms with Crippen molar-refractivity contribution in [1.29, 1.82) is 0 Å². The summed E-state index contributed by atoms with van der Waals surface area (Å²) in [5.74, 6) is -0.399. The second-order valence-corrected chi connectivity index (χ2v) is 7.10. The van der Waals surface area contributed by atoms with Gasteiger partial charge >= 0.3 is 0 Å². The molecule has 0 spiro atoms. The number of nitrogens with one attached hydrogen (secondary N) is 2. The number of halogens is 2. The number of hydrogen-bond acceptors (Lipinski definition) is 3. The van der Waals surface area contributed by atoms with E-state index < -0.39 is 6.04 Å². The molecular weight excluding hydrogens is 385 g/mol. The van der Waals surface area contributed by atoms with Crippen LogP contribution < -0.4 is 10.6 Å². The first kappa shape index (κ1) is 21.2. The largest absolute Gasteiger partial charge is 0.355 e.